The van der Waals surface area contributed by atoms with E-state index in [4.69, 9.17) is 5.73 Å². The summed E-state index contributed by atoms with van der Waals surface area (Å²) in [4.78, 5) is 7.13. The molecule has 1 saturated carbocycles. The van der Waals surface area contributed by atoms with E-state index in [1.165, 1.54) is 30.5 Å². The van der Waals surface area contributed by atoms with E-state index in [2.05, 4.69) is 43.6 Å². The van der Waals surface area contributed by atoms with Crippen LogP contribution in [-0.4, -0.2) is 17.6 Å². The summed E-state index contributed by atoms with van der Waals surface area (Å²) in [5, 5.41) is 0. The molecule has 3 heteroatoms. The van der Waals surface area contributed by atoms with Gasteiger partial charge in [0.2, 0.25) is 0 Å². The number of pyridine rings is 1. The van der Waals surface area contributed by atoms with E-state index in [9.17, 15) is 0 Å². The average Bonchev–Trinajstić information content (AvgIpc) is 3.12. The molecule has 2 rings (SSSR count). The number of nitrogens with zero attached hydrogens (tertiary/aromatic N) is 2. The molecule has 1 fully saturated rings. The summed E-state index contributed by atoms with van der Waals surface area (Å²) in [7, 11) is 0. The fraction of sp³-hybridized carbons (Fsp3) is 0.688. The van der Waals surface area contributed by atoms with Crippen molar-refractivity contribution in [2.75, 3.05) is 11.4 Å². The second-order valence-corrected chi connectivity index (χ2v) is 6.16. The molecule has 0 aliphatic heterocycles. The Balaban J connectivity index is 2.29. The first kappa shape index (κ1) is 14.3. The first-order valence-electron chi connectivity index (χ1n) is 7.46. The van der Waals surface area contributed by atoms with Crippen molar-refractivity contribution in [3.05, 3.63) is 23.0 Å². The van der Waals surface area contributed by atoms with Crippen molar-refractivity contribution < 1.29 is 0 Å². The van der Waals surface area contributed by atoms with Crippen LogP contribution in [0.25, 0.3) is 0 Å². The van der Waals surface area contributed by atoms with Crippen molar-refractivity contribution in [2.24, 2.45) is 11.7 Å². The molecule has 106 valence electrons. The second-order valence-electron chi connectivity index (χ2n) is 6.16. The van der Waals surface area contributed by atoms with Gasteiger partial charge >= 0.3 is 0 Å². The monoisotopic (exact) mass is 261 g/mol. The van der Waals surface area contributed by atoms with Crippen LogP contribution in [0.1, 0.15) is 50.1 Å². The summed E-state index contributed by atoms with van der Waals surface area (Å²) in [6.45, 7) is 10.4. The Kier molecular flexibility index (Phi) is 4.46. The Morgan fingerprint density at radius 2 is 2.05 bits per heavy atom. The van der Waals surface area contributed by atoms with Crippen molar-refractivity contribution in [1.82, 2.24) is 4.98 Å². The van der Waals surface area contributed by atoms with E-state index in [1.54, 1.807) is 0 Å². The van der Waals surface area contributed by atoms with Gasteiger partial charge in [0.15, 0.2) is 0 Å². The van der Waals surface area contributed by atoms with Gasteiger partial charge in [-0.1, -0.05) is 13.8 Å². The quantitative estimate of drug-likeness (QED) is 0.855. The third-order valence-electron chi connectivity index (χ3n) is 3.88. The minimum absolute atomic E-state index is 0.583. The minimum Gasteiger partial charge on any atom is -0.368 e. The number of hydrogen-bond donors (Lipinski definition) is 1. The smallest absolute Gasteiger partial charge is 0.0450 e. The van der Waals surface area contributed by atoms with E-state index < -0.39 is 0 Å². The van der Waals surface area contributed by atoms with Gasteiger partial charge in [-0.2, -0.15) is 0 Å². The number of anilines is 1. The maximum absolute atomic E-state index is 5.95. The molecule has 3 nitrogen and oxygen atoms in total. The predicted octanol–water partition coefficient (Wildman–Crippen LogP) is 3.17. The van der Waals surface area contributed by atoms with Crippen LogP contribution < -0.4 is 10.6 Å². The summed E-state index contributed by atoms with van der Waals surface area (Å²) in [5.41, 5.74) is 10.7. The van der Waals surface area contributed by atoms with Crippen LogP contribution in [0.3, 0.4) is 0 Å². The van der Waals surface area contributed by atoms with Crippen LogP contribution in [0, 0.1) is 19.8 Å². The van der Waals surface area contributed by atoms with Crippen LogP contribution in [0.4, 0.5) is 5.69 Å². The highest BCUT2D eigenvalue weighted by molar-refractivity contribution is 5.57. The number of rotatable bonds is 6. The van der Waals surface area contributed by atoms with Crippen LogP contribution in [0.15, 0.2) is 6.07 Å². The Morgan fingerprint density at radius 1 is 1.37 bits per heavy atom. The molecule has 1 aromatic rings. The topological polar surface area (TPSA) is 42.1 Å². The summed E-state index contributed by atoms with van der Waals surface area (Å²) in [5.74, 6) is 0.742. The standard InChI is InChI=1S/C16H27N3/c1-11(2)7-8-19(14-5-6-14)16-9-12(3)18-13(4)15(16)10-17/h9,11,14H,5-8,10,17H2,1-4H3. The fourth-order valence-electron chi connectivity index (χ4n) is 2.63. The lowest BCUT2D eigenvalue weighted by Crippen LogP contribution is -2.29. The Morgan fingerprint density at radius 3 is 2.58 bits per heavy atom. The van der Waals surface area contributed by atoms with Gasteiger partial charge in [-0.15, -0.1) is 0 Å². The number of aromatic nitrogens is 1. The Labute approximate surface area is 117 Å². The van der Waals surface area contributed by atoms with E-state index >= 15 is 0 Å². The zero-order chi connectivity index (χ0) is 14.0. The van der Waals surface area contributed by atoms with Gasteiger partial charge in [-0.3, -0.25) is 4.98 Å². The molecule has 1 aromatic heterocycles. The summed E-state index contributed by atoms with van der Waals surface area (Å²) in [6.07, 6.45) is 3.88. The molecule has 0 radical (unpaired) electrons. The molecule has 0 amide bonds. The maximum Gasteiger partial charge on any atom is 0.0450 e. The SMILES string of the molecule is Cc1cc(N(CCC(C)C)C2CC2)c(CN)c(C)n1. The fourth-order valence-corrected chi connectivity index (χ4v) is 2.63. The average molecular weight is 261 g/mol. The van der Waals surface area contributed by atoms with E-state index in [-0.39, 0.29) is 0 Å². The normalized spacial score (nSPS) is 15.1. The molecule has 0 saturated heterocycles. The predicted molar refractivity (Wildman–Crippen MR) is 81.4 cm³/mol. The third kappa shape index (κ3) is 3.47. The van der Waals surface area contributed by atoms with Crippen molar-refractivity contribution in [3.8, 4) is 0 Å². The van der Waals surface area contributed by atoms with Gasteiger partial charge in [-0.25, -0.2) is 0 Å². The molecule has 1 aliphatic carbocycles. The van der Waals surface area contributed by atoms with Crippen LogP contribution in [0.5, 0.6) is 0 Å². The molecule has 0 bridgehead atoms. The molecule has 0 atom stereocenters. The molecular formula is C16H27N3. The van der Waals surface area contributed by atoms with Gasteiger partial charge in [0.05, 0.1) is 0 Å². The first-order valence-corrected chi connectivity index (χ1v) is 7.46. The van der Waals surface area contributed by atoms with Crippen LogP contribution in [0.2, 0.25) is 0 Å². The lowest BCUT2D eigenvalue weighted by molar-refractivity contribution is 0.569. The van der Waals surface area contributed by atoms with Crippen LogP contribution >= 0.6 is 0 Å². The van der Waals surface area contributed by atoms with Crippen molar-refractivity contribution >= 4 is 5.69 Å². The molecule has 1 aliphatic rings. The molecule has 2 N–H and O–H groups in total. The largest absolute Gasteiger partial charge is 0.368 e. The Bertz CT molecular complexity index is 436. The van der Waals surface area contributed by atoms with Crippen LogP contribution in [-0.2, 0) is 6.54 Å². The zero-order valence-electron chi connectivity index (χ0n) is 12.7. The molecular weight excluding hydrogens is 234 g/mol. The zero-order valence-corrected chi connectivity index (χ0v) is 12.7. The second kappa shape index (κ2) is 5.91. The number of aryl methyl sites for hydroxylation is 2. The molecule has 0 spiro atoms. The van der Waals surface area contributed by atoms with Crippen molar-refractivity contribution in [2.45, 2.75) is 59.5 Å². The minimum atomic E-state index is 0.583. The highest BCUT2D eigenvalue weighted by Crippen LogP contribution is 2.35. The van der Waals surface area contributed by atoms with Crippen molar-refractivity contribution in [1.29, 1.82) is 0 Å². The first-order chi connectivity index (χ1) is 9.02. The van der Waals surface area contributed by atoms with Crippen molar-refractivity contribution in [3.63, 3.8) is 0 Å². The lowest BCUT2D eigenvalue weighted by atomic mass is 10.1. The summed E-state index contributed by atoms with van der Waals surface area (Å²) < 4.78 is 0. The number of nitrogens with two attached hydrogens (primary N) is 1. The molecule has 1 heterocycles. The van der Waals surface area contributed by atoms with Gasteiger partial charge in [0.25, 0.3) is 0 Å². The molecule has 19 heavy (non-hydrogen) atoms. The Hall–Kier alpha value is -1.09. The number of hydrogen-bond acceptors (Lipinski definition) is 3. The highest BCUT2D eigenvalue weighted by Gasteiger charge is 2.30. The van der Waals surface area contributed by atoms with E-state index in [0.29, 0.717) is 6.54 Å². The highest BCUT2D eigenvalue weighted by atomic mass is 15.2. The van der Waals surface area contributed by atoms with Gasteiger partial charge < -0.3 is 10.6 Å². The van der Waals surface area contributed by atoms with E-state index in [1.807, 2.05) is 0 Å². The van der Waals surface area contributed by atoms with Gasteiger partial charge in [0.1, 0.15) is 0 Å². The summed E-state index contributed by atoms with van der Waals surface area (Å²) in [6, 6.07) is 2.94. The maximum atomic E-state index is 5.95. The van der Waals surface area contributed by atoms with Gasteiger partial charge in [-0.05, 0) is 45.1 Å². The van der Waals surface area contributed by atoms with E-state index in [0.717, 1.165) is 29.9 Å². The molecule has 0 aromatic carbocycles. The summed E-state index contributed by atoms with van der Waals surface area (Å²) >= 11 is 0. The molecule has 0 unspecified atom stereocenters. The third-order valence-corrected chi connectivity index (χ3v) is 3.88. The van der Waals surface area contributed by atoms with Gasteiger partial charge in [0, 0.05) is 41.8 Å². The lowest BCUT2D eigenvalue weighted by Gasteiger charge is -2.28.